The van der Waals surface area contributed by atoms with Crippen LogP contribution in [0, 0.1) is 18.5 Å². The van der Waals surface area contributed by atoms with E-state index in [1.807, 2.05) is 42.5 Å². The Morgan fingerprint density at radius 3 is 2.12 bits per heavy atom. The van der Waals surface area contributed by atoms with Crippen LogP contribution in [0.1, 0.15) is 102 Å². The van der Waals surface area contributed by atoms with Crippen molar-refractivity contribution in [2.45, 2.75) is 90.9 Å². The van der Waals surface area contributed by atoms with Crippen LogP contribution in [0.5, 0.6) is 0 Å². The Hall–Kier alpha value is -4.05. The summed E-state index contributed by atoms with van der Waals surface area (Å²) in [4.78, 5) is 6.57. The average Bonchev–Trinajstić information content (AvgIpc) is 3.50. The van der Waals surface area contributed by atoms with Crippen molar-refractivity contribution in [3.8, 4) is 22.6 Å². The largest absolute Gasteiger partial charge is 3.00 e. The molecule has 0 N–H and O–H groups in total. The number of rotatable bonds is 4. The van der Waals surface area contributed by atoms with Crippen LogP contribution in [-0.2, 0) is 30.9 Å². The summed E-state index contributed by atoms with van der Waals surface area (Å²) < 4.78 is 4.54. The van der Waals surface area contributed by atoms with E-state index >= 15 is 0 Å². The number of imidazole rings is 1. The van der Waals surface area contributed by atoms with Gasteiger partial charge in [0.05, 0.1) is 11.2 Å². The van der Waals surface area contributed by atoms with Gasteiger partial charge in [0.25, 0.3) is 6.33 Å². The van der Waals surface area contributed by atoms with E-state index in [4.69, 9.17) is 0 Å². The van der Waals surface area contributed by atoms with Gasteiger partial charge in [-0.1, -0.05) is 103 Å². The maximum atomic E-state index is 4.22. The molecular weight excluding hydrogens is 789 g/mol. The Labute approximate surface area is 312 Å². The molecule has 4 nitrogen and oxygen atoms in total. The van der Waals surface area contributed by atoms with Gasteiger partial charge in [-0.3, -0.25) is 4.57 Å². The zero-order valence-electron chi connectivity index (χ0n) is 30.9. The molecule has 2 aliphatic rings. The monoisotopic (exact) mass is 837 g/mol. The molecule has 1 aliphatic heterocycles. The number of hydrogen-bond donors (Lipinski definition) is 0. The molecule has 4 aromatic carbocycles. The number of hydrogen-bond acceptors (Lipinski definition) is 2. The minimum absolute atomic E-state index is 0. The van der Waals surface area contributed by atoms with E-state index in [1.165, 1.54) is 63.2 Å². The standard InChI is InChI=1S/C34H40N3.C11H8N.Ir/c1-21(2)23-15-24(22(3)4)17-25(16-23)36-20-37-31-19-27-26(33(5,6)13-14-34(27,7)8)18-30(31)35(9)28-11-10-12-29(36)32(28)37;1-2-6-10(7-3-1)11-8-4-5-9-12-11;/h10-12,15-18,21-22H,13-14H2,1-9H3;1-6,8-9H;/q2*-1;+3. The Kier molecular flexibility index (Phi) is 9.72. The molecular formula is C45H48IrN4+. The number of nitrogens with zero attached hydrogens (tertiary/aromatic N) is 4. The number of para-hydroxylation sites is 1. The molecule has 3 heterocycles. The van der Waals surface area contributed by atoms with E-state index in [-0.39, 0.29) is 30.9 Å². The van der Waals surface area contributed by atoms with E-state index in [9.17, 15) is 0 Å². The minimum atomic E-state index is 0. The molecule has 5 heteroatoms. The zero-order valence-corrected chi connectivity index (χ0v) is 33.2. The van der Waals surface area contributed by atoms with Crippen LogP contribution in [-0.4, -0.2) is 16.6 Å². The Balaban J connectivity index is 0.000000281. The molecule has 0 radical (unpaired) electrons. The third kappa shape index (κ3) is 6.35. The molecule has 2 aromatic heterocycles. The third-order valence-corrected chi connectivity index (χ3v) is 10.6. The second-order valence-corrected chi connectivity index (χ2v) is 15.7. The van der Waals surface area contributed by atoms with Gasteiger partial charge in [-0.2, -0.15) is 11.6 Å². The third-order valence-electron chi connectivity index (χ3n) is 10.6. The van der Waals surface area contributed by atoms with Crippen molar-refractivity contribution < 1.29 is 24.7 Å². The van der Waals surface area contributed by atoms with Crippen LogP contribution < -0.4 is 9.47 Å². The molecule has 8 rings (SSSR count). The van der Waals surface area contributed by atoms with Gasteiger partial charge in [0.1, 0.15) is 5.52 Å². The fraction of sp³-hybridized carbons (Fsp3) is 0.333. The van der Waals surface area contributed by atoms with E-state index < -0.39 is 0 Å². The molecule has 0 bridgehead atoms. The molecule has 50 heavy (non-hydrogen) atoms. The molecule has 256 valence electrons. The fourth-order valence-electron chi connectivity index (χ4n) is 7.33. The first-order chi connectivity index (χ1) is 23.4. The molecule has 6 aromatic rings. The van der Waals surface area contributed by atoms with Gasteiger partial charge in [0.15, 0.2) is 0 Å². The molecule has 0 unspecified atom stereocenters. The topological polar surface area (TPSA) is 24.9 Å². The molecule has 0 saturated heterocycles. The number of benzene rings is 4. The van der Waals surface area contributed by atoms with Crippen LogP contribution in [0.2, 0.25) is 0 Å². The fourth-order valence-corrected chi connectivity index (χ4v) is 7.33. The first-order valence-electron chi connectivity index (χ1n) is 17.7. The van der Waals surface area contributed by atoms with E-state index in [2.05, 4.69) is 142 Å². The van der Waals surface area contributed by atoms with Gasteiger partial charge >= 0.3 is 20.1 Å². The summed E-state index contributed by atoms with van der Waals surface area (Å²) in [6, 6.07) is 36.9. The Bertz CT molecular complexity index is 2080. The summed E-state index contributed by atoms with van der Waals surface area (Å²) in [7, 11) is 2.20. The average molecular weight is 837 g/mol. The van der Waals surface area contributed by atoms with Crippen molar-refractivity contribution >= 4 is 22.4 Å². The maximum absolute atomic E-state index is 4.22. The van der Waals surface area contributed by atoms with Gasteiger partial charge < -0.3 is 14.5 Å². The van der Waals surface area contributed by atoms with Crippen molar-refractivity contribution in [2.75, 3.05) is 11.9 Å². The molecule has 0 spiro atoms. The summed E-state index contributed by atoms with van der Waals surface area (Å²) in [6.45, 7) is 18.6. The number of pyridine rings is 1. The predicted molar refractivity (Wildman–Crippen MR) is 203 cm³/mol. The minimum Gasteiger partial charge on any atom is -0.404 e. The van der Waals surface area contributed by atoms with Crippen LogP contribution in [0.25, 0.3) is 33.7 Å². The maximum Gasteiger partial charge on any atom is 3.00 e. The van der Waals surface area contributed by atoms with Gasteiger partial charge in [0, 0.05) is 11.9 Å². The Morgan fingerprint density at radius 1 is 0.780 bits per heavy atom. The van der Waals surface area contributed by atoms with Crippen molar-refractivity contribution in [3.63, 3.8) is 0 Å². The van der Waals surface area contributed by atoms with Gasteiger partial charge in [0.2, 0.25) is 0 Å². The molecule has 0 amide bonds. The molecule has 0 fully saturated rings. The number of anilines is 2. The van der Waals surface area contributed by atoms with Crippen LogP contribution in [0.3, 0.4) is 0 Å². The van der Waals surface area contributed by atoms with Crippen LogP contribution in [0.15, 0.2) is 91.1 Å². The smallest absolute Gasteiger partial charge is 0.404 e. The van der Waals surface area contributed by atoms with Gasteiger partial charge in [-0.05, 0) is 77.5 Å². The normalized spacial score (nSPS) is 15.2. The summed E-state index contributed by atoms with van der Waals surface area (Å²) in [5.74, 6) is 0.935. The van der Waals surface area contributed by atoms with Crippen LogP contribution >= 0.6 is 0 Å². The summed E-state index contributed by atoms with van der Waals surface area (Å²) in [6.07, 6.45) is 7.95. The molecule has 0 saturated carbocycles. The van der Waals surface area contributed by atoms with E-state index in [0.29, 0.717) is 11.8 Å². The quantitative estimate of drug-likeness (QED) is 0.131. The van der Waals surface area contributed by atoms with Crippen molar-refractivity contribution in [2.24, 2.45) is 0 Å². The van der Waals surface area contributed by atoms with Crippen molar-refractivity contribution in [1.82, 2.24) is 9.55 Å². The number of fused-ring (bicyclic) bond motifs is 3. The molecule has 0 atom stereocenters. The first kappa shape index (κ1) is 35.8. The molecule has 1 aliphatic carbocycles. The first-order valence-corrected chi connectivity index (χ1v) is 17.7. The zero-order chi connectivity index (χ0) is 34.7. The van der Waals surface area contributed by atoms with E-state index in [0.717, 1.165) is 16.9 Å². The second kappa shape index (κ2) is 13.6. The summed E-state index contributed by atoms with van der Waals surface area (Å²) in [5.41, 5.74) is 14.9. The summed E-state index contributed by atoms with van der Waals surface area (Å²) in [5, 5.41) is 0. The Morgan fingerprint density at radius 2 is 1.48 bits per heavy atom. The summed E-state index contributed by atoms with van der Waals surface area (Å²) >= 11 is 0. The number of aromatic nitrogens is 3. The van der Waals surface area contributed by atoms with E-state index in [1.54, 1.807) is 6.20 Å². The van der Waals surface area contributed by atoms with Crippen LogP contribution in [0.4, 0.5) is 11.4 Å². The van der Waals surface area contributed by atoms with Crippen molar-refractivity contribution in [1.29, 1.82) is 0 Å². The van der Waals surface area contributed by atoms with Crippen molar-refractivity contribution in [3.05, 3.63) is 132 Å². The predicted octanol–water partition coefficient (Wildman–Crippen LogP) is 10.7. The van der Waals surface area contributed by atoms with Gasteiger partial charge in [-0.15, -0.1) is 47.5 Å². The van der Waals surface area contributed by atoms with Gasteiger partial charge in [-0.25, -0.2) is 0 Å². The SMILES string of the molecule is CC(C)c1cc(C(C)C)cc(-n2[c-][n+]3c4c(cccc42)N(C)c2cc4c([c-]c2-3)C(C)(C)CCC4(C)C)c1.[Ir+3].[c-]1ccccc1-c1ccccn1. The second-order valence-electron chi connectivity index (χ2n) is 15.7.